The Kier molecular flexibility index (Phi) is 4.16. The molecule has 0 saturated heterocycles. The Morgan fingerprint density at radius 3 is 2.81 bits per heavy atom. The number of aromatic nitrogens is 1. The summed E-state index contributed by atoms with van der Waals surface area (Å²) in [6.45, 7) is 1.87. The Labute approximate surface area is 90.9 Å². The predicted molar refractivity (Wildman–Crippen MR) is 51.2 cm³/mol. The van der Waals surface area contributed by atoms with Crippen LogP contribution in [0, 0.1) is 0 Å². The lowest BCUT2D eigenvalue weighted by Gasteiger charge is -2.05. The minimum absolute atomic E-state index is 0.145. The number of carbonyl (C=O) groups is 1. The zero-order valence-electron chi connectivity index (χ0n) is 8.61. The highest BCUT2D eigenvalue weighted by atomic mass is 19.3. The molecule has 1 rings (SSSR count). The fourth-order valence-electron chi connectivity index (χ4n) is 1.13. The molecule has 1 N–H and O–H groups in total. The number of alkyl halides is 2. The number of carbonyl (C=O) groups excluding carboxylic acids is 1. The standard InChI is InChI=1S/C10H11F2NO3/c1-2-16-8(15)5-6-3-4-7(14)9(13-6)10(11)12/h3-4,10,14H,2,5H2,1H3. The number of hydrogen-bond donors (Lipinski definition) is 1. The molecule has 0 fully saturated rings. The fourth-order valence-corrected chi connectivity index (χ4v) is 1.13. The Hall–Kier alpha value is -1.72. The Balaban J connectivity index is 2.82. The lowest BCUT2D eigenvalue weighted by molar-refractivity contribution is -0.142. The van der Waals surface area contributed by atoms with Gasteiger partial charge in [0.25, 0.3) is 6.43 Å². The molecular weight excluding hydrogens is 220 g/mol. The maximum absolute atomic E-state index is 12.4. The van der Waals surface area contributed by atoms with Crippen molar-refractivity contribution < 1.29 is 23.4 Å². The van der Waals surface area contributed by atoms with E-state index in [1.165, 1.54) is 6.07 Å². The fraction of sp³-hybridized carbons (Fsp3) is 0.400. The van der Waals surface area contributed by atoms with Crippen molar-refractivity contribution in [2.45, 2.75) is 19.8 Å². The number of hydrogen-bond acceptors (Lipinski definition) is 4. The van der Waals surface area contributed by atoms with Crippen LogP contribution >= 0.6 is 0 Å². The molecule has 0 unspecified atom stereocenters. The average molecular weight is 231 g/mol. The van der Waals surface area contributed by atoms with Gasteiger partial charge in [-0.05, 0) is 19.1 Å². The molecule has 0 radical (unpaired) electrons. The van der Waals surface area contributed by atoms with E-state index in [2.05, 4.69) is 9.72 Å². The molecule has 0 bridgehead atoms. The van der Waals surface area contributed by atoms with Crippen molar-refractivity contribution in [2.75, 3.05) is 6.61 Å². The third-order valence-electron chi connectivity index (χ3n) is 1.80. The van der Waals surface area contributed by atoms with Crippen LogP contribution in [0.4, 0.5) is 8.78 Å². The van der Waals surface area contributed by atoms with Gasteiger partial charge in [-0.1, -0.05) is 0 Å². The zero-order valence-corrected chi connectivity index (χ0v) is 8.61. The van der Waals surface area contributed by atoms with Gasteiger partial charge in [0.05, 0.1) is 18.7 Å². The van der Waals surface area contributed by atoms with Gasteiger partial charge in [0.1, 0.15) is 11.4 Å². The highest BCUT2D eigenvalue weighted by Gasteiger charge is 2.16. The Morgan fingerprint density at radius 1 is 1.56 bits per heavy atom. The molecule has 1 heterocycles. The molecule has 0 aliphatic rings. The van der Waals surface area contributed by atoms with E-state index < -0.39 is 23.8 Å². The molecule has 1 aromatic heterocycles. The van der Waals surface area contributed by atoms with Crippen LogP contribution in [0.5, 0.6) is 5.75 Å². The van der Waals surface area contributed by atoms with Crippen LogP contribution in [-0.2, 0) is 16.0 Å². The molecular formula is C10H11F2NO3. The second-order valence-electron chi connectivity index (χ2n) is 2.99. The van der Waals surface area contributed by atoms with E-state index in [0.717, 1.165) is 6.07 Å². The summed E-state index contributed by atoms with van der Waals surface area (Å²) in [6.07, 6.45) is -3.06. The summed E-state index contributed by atoms with van der Waals surface area (Å²) in [5.41, 5.74) is -0.576. The topological polar surface area (TPSA) is 59.4 Å². The summed E-state index contributed by atoms with van der Waals surface area (Å²) < 4.78 is 29.4. The molecule has 6 heteroatoms. The van der Waals surface area contributed by atoms with Crippen molar-refractivity contribution in [3.63, 3.8) is 0 Å². The first kappa shape index (κ1) is 12.4. The highest BCUT2D eigenvalue weighted by molar-refractivity contribution is 5.72. The Morgan fingerprint density at radius 2 is 2.25 bits per heavy atom. The van der Waals surface area contributed by atoms with Crippen molar-refractivity contribution in [1.29, 1.82) is 0 Å². The van der Waals surface area contributed by atoms with Crippen molar-refractivity contribution in [1.82, 2.24) is 4.98 Å². The maximum atomic E-state index is 12.4. The van der Waals surface area contributed by atoms with E-state index in [1.807, 2.05) is 0 Å². The van der Waals surface area contributed by atoms with Gasteiger partial charge in [-0.25, -0.2) is 13.8 Å². The van der Waals surface area contributed by atoms with E-state index in [0.29, 0.717) is 0 Å². The number of halogens is 2. The molecule has 0 saturated carbocycles. The van der Waals surface area contributed by atoms with Gasteiger partial charge in [0.15, 0.2) is 0 Å². The number of ether oxygens (including phenoxy) is 1. The number of nitrogens with zero attached hydrogens (tertiary/aromatic N) is 1. The van der Waals surface area contributed by atoms with Gasteiger partial charge >= 0.3 is 5.97 Å². The van der Waals surface area contributed by atoms with E-state index in [4.69, 9.17) is 5.11 Å². The molecule has 0 aliphatic heterocycles. The maximum Gasteiger partial charge on any atom is 0.311 e. The van der Waals surface area contributed by atoms with E-state index in [1.54, 1.807) is 6.92 Å². The molecule has 0 spiro atoms. The quantitative estimate of drug-likeness (QED) is 0.803. The van der Waals surface area contributed by atoms with Gasteiger partial charge in [-0.15, -0.1) is 0 Å². The predicted octanol–water partition coefficient (Wildman–Crippen LogP) is 1.83. The van der Waals surface area contributed by atoms with Crippen LogP contribution < -0.4 is 0 Å². The Bertz CT molecular complexity index is 382. The summed E-state index contributed by atoms with van der Waals surface area (Å²) in [5, 5.41) is 9.08. The van der Waals surface area contributed by atoms with Crippen molar-refractivity contribution >= 4 is 5.97 Å². The molecule has 16 heavy (non-hydrogen) atoms. The molecule has 1 aromatic rings. The first-order chi connectivity index (χ1) is 7.54. The largest absolute Gasteiger partial charge is 0.506 e. The minimum Gasteiger partial charge on any atom is -0.506 e. The second-order valence-corrected chi connectivity index (χ2v) is 2.99. The normalized spacial score (nSPS) is 10.5. The SMILES string of the molecule is CCOC(=O)Cc1ccc(O)c(C(F)F)n1. The van der Waals surface area contributed by atoms with Crippen LogP contribution in [0.2, 0.25) is 0 Å². The smallest absolute Gasteiger partial charge is 0.311 e. The highest BCUT2D eigenvalue weighted by Crippen LogP contribution is 2.25. The van der Waals surface area contributed by atoms with Crippen molar-refractivity contribution in [3.8, 4) is 5.75 Å². The first-order valence-electron chi connectivity index (χ1n) is 4.67. The second kappa shape index (κ2) is 5.39. The summed E-state index contributed by atoms with van der Waals surface area (Å²) in [7, 11) is 0. The van der Waals surface area contributed by atoms with Gasteiger partial charge in [-0.3, -0.25) is 4.79 Å². The minimum atomic E-state index is -2.87. The van der Waals surface area contributed by atoms with E-state index in [9.17, 15) is 13.6 Å². The third-order valence-corrected chi connectivity index (χ3v) is 1.80. The van der Waals surface area contributed by atoms with Crippen LogP contribution in [0.1, 0.15) is 24.7 Å². The monoisotopic (exact) mass is 231 g/mol. The van der Waals surface area contributed by atoms with E-state index >= 15 is 0 Å². The first-order valence-corrected chi connectivity index (χ1v) is 4.67. The number of esters is 1. The van der Waals surface area contributed by atoms with Crippen LogP contribution in [-0.4, -0.2) is 22.7 Å². The van der Waals surface area contributed by atoms with Crippen LogP contribution in [0.3, 0.4) is 0 Å². The lowest BCUT2D eigenvalue weighted by Crippen LogP contribution is -2.09. The number of rotatable bonds is 4. The molecule has 0 amide bonds. The average Bonchev–Trinajstić information content (AvgIpc) is 2.21. The summed E-state index contributed by atoms with van der Waals surface area (Å²) in [4.78, 5) is 14.6. The molecule has 4 nitrogen and oxygen atoms in total. The van der Waals surface area contributed by atoms with Gasteiger partial charge in [0.2, 0.25) is 0 Å². The summed E-state index contributed by atoms with van der Waals surface area (Å²) >= 11 is 0. The third kappa shape index (κ3) is 3.15. The lowest BCUT2D eigenvalue weighted by atomic mass is 10.2. The zero-order chi connectivity index (χ0) is 12.1. The summed E-state index contributed by atoms with van der Waals surface area (Å²) in [5.74, 6) is -1.12. The van der Waals surface area contributed by atoms with E-state index in [-0.39, 0.29) is 18.7 Å². The van der Waals surface area contributed by atoms with Gasteiger partial charge < -0.3 is 9.84 Å². The molecule has 0 aliphatic carbocycles. The van der Waals surface area contributed by atoms with Gasteiger partial charge in [0, 0.05) is 0 Å². The van der Waals surface area contributed by atoms with Crippen molar-refractivity contribution in [2.24, 2.45) is 0 Å². The van der Waals surface area contributed by atoms with Crippen molar-refractivity contribution in [3.05, 3.63) is 23.5 Å². The number of pyridine rings is 1. The van der Waals surface area contributed by atoms with Crippen LogP contribution in [0.15, 0.2) is 12.1 Å². The molecule has 0 atom stereocenters. The number of aromatic hydroxyl groups is 1. The van der Waals surface area contributed by atoms with Crippen LogP contribution in [0.25, 0.3) is 0 Å². The summed E-state index contributed by atoms with van der Waals surface area (Å²) in [6, 6.07) is 2.39. The van der Waals surface area contributed by atoms with Gasteiger partial charge in [-0.2, -0.15) is 0 Å². The molecule has 0 aromatic carbocycles. The molecule has 88 valence electrons.